The molecule has 1 aliphatic rings. The average Bonchev–Trinajstić information content (AvgIpc) is 2.73. The van der Waals surface area contributed by atoms with Crippen molar-refractivity contribution in [2.24, 2.45) is 5.92 Å². The number of nitrogens with two attached hydrogens (primary N) is 1. The lowest BCUT2D eigenvalue weighted by Crippen LogP contribution is -2.29. The van der Waals surface area contributed by atoms with E-state index in [2.05, 4.69) is 15.6 Å². The normalized spacial score (nSPS) is 15.7. The monoisotopic (exact) mass is 392 g/mol. The number of hydrogen-bond donors (Lipinski definition) is 3. The van der Waals surface area contributed by atoms with Crippen LogP contribution in [-0.2, 0) is 16.1 Å². The van der Waals surface area contributed by atoms with Crippen LogP contribution in [-0.4, -0.2) is 23.5 Å². The molecule has 0 aliphatic heterocycles. The van der Waals surface area contributed by atoms with Crippen LogP contribution in [0.2, 0.25) is 0 Å². The Balaban J connectivity index is 1.51. The quantitative estimate of drug-likeness (QED) is 0.653. The second-order valence-corrected chi connectivity index (χ2v) is 6.87. The molecule has 150 valence electrons. The van der Waals surface area contributed by atoms with Gasteiger partial charge in [-0.05, 0) is 36.1 Å². The van der Waals surface area contributed by atoms with Gasteiger partial charge in [-0.1, -0.05) is 37.3 Å². The summed E-state index contributed by atoms with van der Waals surface area (Å²) in [5.41, 5.74) is 9.52. The van der Waals surface area contributed by atoms with Gasteiger partial charge in [0.1, 0.15) is 6.61 Å². The lowest BCUT2D eigenvalue weighted by Gasteiger charge is -2.22. The summed E-state index contributed by atoms with van der Waals surface area (Å²) in [7, 11) is 0. The molecule has 29 heavy (non-hydrogen) atoms. The van der Waals surface area contributed by atoms with Crippen LogP contribution in [0.5, 0.6) is 0 Å². The number of allylic oxidation sites excluding steroid dienone is 2. The molecule has 2 amide bonds. The number of nitrogens with one attached hydrogen (secondary N) is 2. The van der Waals surface area contributed by atoms with E-state index in [1.54, 1.807) is 36.7 Å². The van der Waals surface area contributed by atoms with Gasteiger partial charge in [0.15, 0.2) is 0 Å². The number of alkyl carbamates (subject to hydrolysis) is 1. The summed E-state index contributed by atoms with van der Waals surface area (Å²) in [5.74, 6) is -0.0543. The summed E-state index contributed by atoms with van der Waals surface area (Å²) < 4.78 is 5.18. The number of amides is 2. The molecule has 1 atom stereocenters. The minimum atomic E-state index is -0.492. The molecular weight excluding hydrogens is 368 g/mol. The van der Waals surface area contributed by atoms with Crippen LogP contribution >= 0.6 is 0 Å². The fourth-order valence-electron chi connectivity index (χ4n) is 2.97. The summed E-state index contributed by atoms with van der Waals surface area (Å²) in [4.78, 5) is 28.4. The van der Waals surface area contributed by atoms with Gasteiger partial charge < -0.3 is 21.1 Å². The number of rotatable bonds is 6. The Morgan fingerprint density at radius 3 is 2.76 bits per heavy atom. The summed E-state index contributed by atoms with van der Waals surface area (Å²) in [5, 5.41) is 5.59. The molecule has 0 bridgehead atoms. The fourth-order valence-corrected chi connectivity index (χ4v) is 2.97. The third kappa shape index (κ3) is 5.68. The highest BCUT2D eigenvalue weighted by molar-refractivity contribution is 6.05. The number of ether oxygens (including phenoxy) is 1. The van der Waals surface area contributed by atoms with Crippen molar-refractivity contribution >= 4 is 23.4 Å². The molecule has 1 aromatic heterocycles. The van der Waals surface area contributed by atoms with Gasteiger partial charge in [-0.25, -0.2) is 4.79 Å². The number of carbonyl (C=O) groups excluding carboxylic acids is 2. The third-order valence-corrected chi connectivity index (χ3v) is 4.69. The maximum Gasteiger partial charge on any atom is 0.407 e. The van der Waals surface area contributed by atoms with Crippen LogP contribution in [0.4, 0.5) is 16.2 Å². The number of hydrogen-bond acceptors (Lipinski definition) is 5. The molecule has 0 radical (unpaired) electrons. The number of anilines is 2. The lowest BCUT2D eigenvalue weighted by atomic mass is 9.88. The van der Waals surface area contributed by atoms with Crippen molar-refractivity contribution in [3.63, 3.8) is 0 Å². The molecule has 0 saturated carbocycles. The fraction of sp³-hybridized carbons (Fsp3) is 0.227. The van der Waals surface area contributed by atoms with E-state index in [0.29, 0.717) is 29.9 Å². The van der Waals surface area contributed by atoms with Crippen LogP contribution in [0.3, 0.4) is 0 Å². The van der Waals surface area contributed by atoms with Gasteiger partial charge >= 0.3 is 6.09 Å². The molecule has 1 aliphatic carbocycles. The van der Waals surface area contributed by atoms with Crippen molar-refractivity contribution in [2.75, 3.05) is 17.6 Å². The molecule has 7 nitrogen and oxygen atoms in total. The molecule has 0 saturated heterocycles. The van der Waals surface area contributed by atoms with Crippen molar-refractivity contribution in [3.05, 3.63) is 77.7 Å². The zero-order chi connectivity index (χ0) is 20.6. The molecule has 1 aromatic carbocycles. The van der Waals surface area contributed by atoms with Gasteiger partial charge in [0.05, 0.1) is 11.4 Å². The van der Waals surface area contributed by atoms with Gasteiger partial charge in [0.25, 0.3) is 5.91 Å². The van der Waals surface area contributed by atoms with Gasteiger partial charge in [0.2, 0.25) is 0 Å². The molecule has 2 aromatic rings. The molecule has 3 rings (SSSR count). The standard InChI is InChI=1S/C22H24N4O3/c1-15-11-17(21(27)26-20-7-3-2-6-19(20)23)8-9-18(15)13-25-22(28)29-14-16-5-4-10-24-12-16/h2-10,12,15H,11,13-14,23H2,1H3,(H,25,28)(H,26,27). The van der Waals surface area contributed by atoms with Crippen LogP contribution in [0.15, 0.2) is 72.1 Å². The molecule has 7 heteroatoms. The number of para-hydroxylation sites is 2. The van der Waals surface area contributed by atoms with Gasteiger partial charge in [0, 0.05) is 30.1 Å². The highest BCUT2D eigenvalue weighted by Crippen LogP contribution is 2.26. The summed E-state index contributed by atoms with van der Waals surface area (Å²) in [6.07, 6.45) is 7.06. The second kappa shape index (κ2) is 9.54. The number of benzene rings is 1. The smallest absolute Gasteiger partial charge is 0.407 e. The molecule has 0 fully saturated rings. The van der Waals surface area contributed by atoms with Gasteiger partial charge in [-0.2, -0.15) is 0 Å². The molecule has 4 N–H and O–H groups in total. The van der Waals surface area contributed by atoms with E-state index in [0.717, 1.165) is 11.1 Å². The molecule has 1 heterocycles. The first-order valence-corrected chi connectivity index (χ1v) is 9.38. The first-order valence-electron chi connectivity index (χ1n) is 9.38. The Labute approximate surface area is 169 Å². The number of carbonyl (C=O) groups is 2. The third-order valence-electron chi connectivity index (χ3n) is 4.69. The Hall–Kier alpha value is -3.61. The SMILES string of the molecule is CC1CC(C(=O)Nc2ccccc2N)=CC=C1CNC(=O)OCc1cccnc1. The number of aromatic nitrogens is 1. The van der Waals surface area contributed by atoms with E-state index in [1.165, 1.54) is 0 Å². The second-order valence-electron chi connectivity index (χ2n) is 6.87. The van der Waals surface area contributed by atoms with E-state index in [9.17, 15) is 9.59 Å². The topological polar surface area (TPSA) is 106 Å². The van der Waals surface area contributed by atoms with Crippen molar-refractivity contribution < 1.29 is 14.3 Å². The average molecular weight is 392 g/mol. The van der Waals surface area contributed by atoms with Crippen LogP contribution in [0.25, 0.3) is 0 Å². The van der Waals surface area contributed by atoms with Crippen molar-refractivity contribution in [2.45, 2.75) is 20.0 Å². The van der Waals surface area contributed by atoms with Gasteiger partial charge in [-0.15, -0.1) is 0 Å². The summed E-state index contributed by atoms with van der Waals surface area (Å²) >= 11 is 0. The van der Waals surface area contributed by atoms with E-state index in [1.807, 2.05) is 31.2 Å². The summed E-state index contributed by atoms with van der Waals surface area (Å²) in [6, 6.07) is 10.8. The Morgan fingerprint density at radius 2 is 2.03 bits per heavy atom. The Morgan fingerprint density at radius 1 is 1.21 bits per heavy atom. The number of nitrogen functional groups attached to an aromatic ring is 1. The largest absolute Gasteiger partial charge is 0.445 e. The molecule has 0 spiro atoms. The van der Waals surface area contributed by atoms with E-state index < -0.39 is 6.09 Å². The first kappa shape index (κ1) is 20.1. The predicted octanol–water partition coefficient (Wildman–Crippen LogP) is 3.42. The van der Waals surface area contributed by atoms with E-state index in [4.69, 9.17) is 10.5 Å². The zero-order valence-corrected chi connectivity index (χ0v) is 16.2. The van der Waals surface area contributed by atoms with Crippen LogP contribution in [0, 0.1) is 5.92 Å². The lowest BCUT2D eigenvalue weighted by molar-refractivity contribution is -0.113. The molecular formula is C22H24N4O3. The maximum atomic E-state index is 12.5. The van der Waals surface area contributed by atoms with Gasteiger partial charge in [-0.3, -0.25) is 9.78 Å². The highest BCUT2D eigenvalue weighted by Gasteiger charge is 2.20. The van der Waals surface area contributed by atoms with Crippen molar-refractivity contribution in [3.8, 4) is 0 Å². The zero-order valence-electron chi connectivity index (χ0n) is 16.2. The van der Waals surface area contributed by atoms with Crippen LogP contribution < -0.4 is 16.4 Å². The van der Waals surface area contributed by atoms with Crippen molar-refractivity contribution in [1.29, 1.82) is 0 Å². The Kier molecular flexibility index (Phi) is 6.63. The number of nitrogens with zero attached hydrogens (tertiary/aromatic N) is 1. The maximum absolute atomic E-state index is 12.5. The van der Waals surface area contributed by atoms with E-state index >= 15 is 0 Å². The predicted molar refractivity (Wildman–Crippen MR) is 112 cm³/mol. The summed E-state index contributed by atoms with van der Waals surface area (Å²) in [6.45, 7) is 2.55. The van der Waals surface area contributed by atoms with Crippen LogP contribution in [0.1, 0.15) is 18.9 Å². The highest BCUT2D eigenvalue weighted by atomic mass is 16.5. The molecule has 1 unspecified atom stereocenters. The minimum absolute atomic E-state index is 0.118. The Bertz CT molecular complexity index is 938. The minimum Gasteiger partial charge on any atom is -0.445 e. The first-order chi connectivity index (χ1) is 14.0. The van der Waals surface area contributed by atoms with Crippen molar-refractivity contribution in [1.82, 2.24) is 10.3 Å². The number of pyridine rings is 1. The van der Waals surface area contributed by atoms with E-state index in [-0.39, 0.29) is 18.4 Å².